The zero-order valence-corrected chi connectivity index (χ0v) is 13.8. The lowest BCUT2D eigenvalue weighted by molar-refractivity contribution is -0.134. The summed E-state index contributed by atoms with van der Waals surface area (Å²) in [5, 5.41) is 3.31. The van der Waals surface area contributed by atoms with E-state index in [0.717, 1.165) is 25.4 Å². The van der Waals surface area contributed by atoms with Gasteiger partial charge in [0.2, 0.25) is 5.91 Å². The fourth-order valence-electron chi connectivity index (χ4n) is 2.64. The summed E-state index contributed by atoms with van der Waals surface area (Å²) in [7, 11) is 1.66. The highest BCUT2D eigenvalue weighted by Crippen LogP contribution is 2.23. The van der Waals surface area contributed by atoms with E-state index in [9.17, 15) is 4.79 Å². The molecule has 0 saturated carbocycles. The lowest BCUT2D eigenvalue weighted by Gasteiger charge is -2.34. The number of carbonyl (C=O) groups excluding carboxylic acids is 1. The summed E-state index contributed by atoms with van der Waals surface area (Å²) in [6.45, 7) is 6.81. The molecule has 0 spiro atoms. The molecule has 1 saturated heterocycles. The average Bonchev–Trinajstić information content (AvgIpc) is 2.47. The first kappa shape index (κ1) is 17.8. The molecule has 5 heteroatoms. The summed E-state index contributed by atoms with van der Waals surface area (Å²) in [5.74, 6) is 1.33. The highest BCUT2D eigenvalue weighted by Gasteiger charge is 2.24. The van der Waals surface area contributed by atoms with E-state index in [4.69, 9.17) is 4.74 Å². The number of nitrogens with one attached hydrogen (secondary N) is 1. The van der Waals surface area contributed by atoms with Gasteiger partial charge in [-0.1, -0.05) is 19.1 Å². The number of methoxy groups -OCH3 is 1. The van der Waals surface area contributed by atoms with Gasteiger partial charge in [0, 0.05) is 32.1 Å². The van der Waals surface area contributed by atoms with Gasteiger partial charge >= 0.3 is 0 Å². The van der Waals surface area contributed by atoms with Crippen LogP contribution >= 0.6 is 12.4 Å². The maximum atomic E-state index is 12.4. The third-order valence-electron chi connectivity index (χ3n) is 3.99. The predicted molar refractivity (Wildman–Crippen MR) is 87.3 cm³/mol. The molecule has 1 aromatic carbocycles. The van der Waals surface area contributed by atoms with Crippen LogP contribution in [0.3, 0.4) is 0 Å². The Morgan fingerprint density at radius 2 is 2.10 bits per heavy atom. The molecule has 1 aliphatic heterocycles. The van der Waals surface area contributed by atoms with Crippen molar-refractivity contribution < 1.29 is 9.53 Å². The van der Waals surface area contributed by atoms with Crippen LogP contribution in [-0.2, 0) is 4.79 Å². The van der Waals surface area contributed by atoms with Crippen LogP contribution in [0.4, 0.5) is 0 Å². The highest BCUT2D eigenvalue weighted by molar-refractivity contribution is 5.85. The first-order chi connectivity index (χ1) is 9.61. The van der Waals surface area contributed by atoms with Crippen LogP contribution in [0.25, 0.3) is 0 Å². The number of nitrogens with zero attached hydrogens (tertiary/aromatic N) is 1. The molecule has 0 radical (unpaired) electrons. The van der Waals surface area contributed by atoms with Crippen molar-refractivity contribution >= 4 is 18.3 Å². The van der Waals surface area contributed by atoms with Crippen molar-refractivity contribution in [3.8, 4) is 5.75 Å². The van der Waals surface area contributed by atoms with Crippen molar-refractivity contribution in [2.45, 2.75) is 32.2 Å². The maximum absolute atomic E-state index is 12.4. The number of hydrogen-bond acceptors (Lipinski definition) is 3. The normalized spacial score (nSPS) is 19.6. The number of ether oxygens (including phenoxy) is 1. The fourth-order valence-corrected chi connectivity index (χ4v) is 2.64. The Morgan fingerprint density at radius 1 is 1.43 bits per heavy atom. The van der Waals surface area contributed by atoms with Crippen molar-refractivity contribution in [2.24, 2.45) is 0 Å². The van der Waals surface area contributed by atoms with Crippen molar-refractivity contribution in [3.05, 3.63) is 29.8 Å². The Kier molecular flexibility index (Phi) is 6.99. The van der Waals surface area contributed by atoms with Gasteiger partial charge in [-0.05, 0) is 30.5 Å². The van der Waals surface area contributed by atoms with Gasteiger partial charge in [0.25, 0.3) is 0 Å². The van der Waals surface area contributed by atoms with E-state index in [1.54, 1.807) is 7.11 Å². The van der Waals surface area contributed by atoms with E-state index in [0.29, 0.717) is 12.5 Å². The average molecular weight is 313 g/mol. The molecule has 1 heterocycles. The van der Waals surface area contributed by atoms with E-state index in [2.05, 4.69) is 19.2 Å². The van der Waals surface area contributed by atoms with Crippen molar-refractivity contribution in [2.75, 3.05) is 26.7 Å². The van der Waals surface area contributed by atoms with Gasteiger partial charge < -0.3 is 15.0 Å². The zero-order valence-electron chi connectivity index (χ0n) is 13.0. The minimum absolute atomic E-state index is 0. The molecule has 0 aliphatic carbocycles. The second kappa shape index (κ2) is 8.25. The second-order valence-electron chi connectivity index (χ2n) is 5.52. The third kappa shape index (κ3) is 4.61. The molecule has 1 aliphatic rings. The van der Waals surface area contributed by atoms with Crippen LogP contribution in [0, 0.1) is 0 Å². The summed E-state index contributed by atoms with van der Waals surface area (Å²) in [6, 6.07) is 8.27. The standard InChI is InChI=1S/C16H24N2O2.ClH/c1-12(14-4-6-15(20-3)7-5-14)10-16(19)18-9-8-17-11-13(18)2;/h4-7,12-13,17H,8-11H2,1-3H3;1H. The molecule has 2 rings (SSSR count). The molecule has 0 aromatic heterocycles. The smallest absolute Gasteiger partial charge is 0.223 e. The van der Waals surface area contributed by atoms with Crippen molar-refractivity contribution in [3.63, 3.8) is 0 Å². The lowest BCUT2D eigenvalue weighted by atomic mass is 9.96. The van der Waals surface area contributed by atoms with E-state index in [-0.39, 0.29) is 24.2 Å². The summed E-state index contributed by atoms with van der Waals surface area (Å²) in [4.78, 5) is 14.4. The number of hydrogen-bond donors (Lipinski definition) is 1. The minimum atomic E-state index is 0. The van der Waals surface area contributed by atoms with E-state index >= 15 is 0 Å². The third-order valence-corrected chi connectivity index (χ3v) is 3.99. The van der Waals surface area contributed by atoms with Crippen LogP contribution in [0.15, 0.2) is 24.3 Å². The van der Waals surface area contributed by atoms with Gasteiger partial charge in [0.05, 0.1) is 7.11 Å². The van der Waals surface area contributed by atoms with Crippen molar-refractivity contribution in [1.82, 2.24) is 10.2 Å². The molecule has 118 valence electrons. The number of carbonyl (C=O) groups is 1. The second-order valence-corrected chi connectivity index (χ2v) is 5.52. The number of benzene rings is 1. The number of rotatable bonds is 4. The lowest BCUT2D eigenvalue weighted by Crippen LogP contribution is -2.52. The molecule has 2 unspecified atom stereocenters. The van der Waals surface area contributed by atoms with Gasteiger partial charge in [-0.25, -0.2) is 0 Å². The Hall–Kier alpha value is -1.26. The number of piperazine rings is 1. The molecule has 1 fully saturated rings. The molecule has 2 atom stereocenters. The van der Waals surface area contributed by atoms with Gasteiger partial charge in [-0.15, -0.1) is 12.4 Å². The Labute approximate surface area is 133 Å². The summed E-state index contributed by atoms with van der Waals surface area (Å²) < 4.78 is 5.16. The Balaban J connectivity index is 0.00000220. The number of amides is 1. The molecule has 1 amide bonds. The van der Waals surface area contributed by atoms with E-state index < -0.39 is 0 Å². The molecule has 1 aromatic rings. The first-order valence-corrected chi connectivity index (χ1v) is 7.26. The van der Waals surface area contributed by atoms with Crippen LogP contribution in [0.2, 0.25) is 0 Å². The van der Waals surface area contributed by atoms with Gasteiger partial charge in [0.1, 0.15) is 5.75 Å². The van der Waals surface area contributed by atoms with Crippen LogP contribution in [-0.4, -0.2) is 43.6 Å². The molecular formula is C16H25ClN2O2. The van der Waals surface area contributed by atoms with Crippen LogP contribution in [0.1, 0.15) is 31.7 Å². The SMILES string of the molecule is COc1ccc(C(C)CC(=O)N2CCNCC2C)cc1.Cl. The monoisotopic (exact) mass is 312 g/mol. The predicted octanol–water partition coefficient (Wildman–Crippen LogP) is 2.43. The van der Waals surface area contributed by atoms with Gasteiger partial charge in [-0.3, -0.25) is 4.79 Å². The maximum Gasteiger partial charge on any atom is 0.223 e. The summed E-state index contributed by atoms with van der Waals surface area (Å²) >= 11 is 0. The number of halogens is 1. The largest absolute Gasteiger partial charge is 0.497 e. The first-order valence-electron chi connectivity index (χ1n) is 7.26. The van der Waals surface area contributed by atoms with Gasteiger partial charge in [0.15, 0.2) is 0 Å². The van der Waals surface area contributed by atoms with E-state index in [1.165, 1.54) is 5.56 Å². The fraction of sp³-hybridized carbons (Fsp3) is 0.562. The van der Waals surface area contributed by atoms with Crippen LogP contribution < -0.4 is 10.1 Å². The molecular weight excluding hydrogens is 288 g/mol. The molecule has 1 N–H and O–H groups in total. The Bertz CT molecular complexity index is 450. The molecule has 21 heavy (non-hydrogen) atoms. The molecule has 4 nitrogen and oxygen atoms in total. The topological polar surface area (TPSA) is 41.6 Å². The Morgan fingerprint density at radius 3 is 2.67 bits per heavy atom. The quantitative estimate of drug-likeness (QED) is 0.928. The zero-order chi connectivity index (χ0) is 14.5. The van der Waals surface area contributed by atoms with E-state index in [1.807, 2.05) is 29.2 Å². The summed E-state index contributed by atoms with van der Waals surface area (Å²) in [5.41, 5.74) is 1.18. The van der Waals surface area contributed by atoms with Crippen LogP contribution in [0.5, 0.6) is 5.75 Å². The van der Waals surface area contributed by atoms with Gasteiger partial charge in [-0.2, -0.15) is 0 Å². The summed E-state index contributed by atoms with van der Waals surface area (Å²) in [6.07, 6.45) is 0.566. The molecule has 0 bridgehead atoms. The van der Waals surface area contributed by atoms with Crippen molar-refractivity contribution in [1.29, 1.82) is 0 Å². The minimum Gasteiger partial charge on any atom is -0.497 e. The highest BCUT2D eigenvalue weighted by atomic mass is 35.5.